The van der Waals surface area contributed by atoms with Crippen molar-refractivity contribution >= 4 is 21.8 Å². The number of amides is 1. The van der Waals surface area contributed by atoms with Gasteiger partial charge in [0.15, 0.2) is 6.10 Å². The van der Waals surface area contributed by atoms with Gasteiger partial charge >= 0.3 is 0 Å². The molecule has 2 N–H and O–H groups in total. The minimum Gasteiger partial charge on any atom is -0.480 e. The van der Waals surface area contributed by atoms with Crippen LogP contribution in [0.4, 0.5) is 4.39 Å². The number of carbonyl (C=O) groups excluding carboxylic acids is 1. The summed E-state index contributed by atoms with van der Waals surface area (Å²) in [5.74, 6) is 0.0351. The Hall–Kier alpha value is -1.14. The van der Waals surface area contributed by atoms with Gasteiger partial charge in [-0.2, -0.15) is 0 Å². The predicted molar refractivity (Wildman–Crippen MR) is 82.5 cm³/mol. The van der Waals surface area contributed by atoms with Crippen LogP contribution >= 0.6 is 15.9 Å². The van der Waals surface area contributed by atoms with Crippen molar-refractivity contribution in [2.45, 2.75) is 26.4 Å². The number of benzene rings is 1. The molecule has 1 aromatic rings. The molecule has 1 heterocycles. The quantitative estimate of drug-likeness (QED) is 0.899. The highest BCUT2D eigenvalue weighted by Gasteiger charge is 2.36. The fourth-order valence-electron chi connectivity index (χ4n) is 2.45. The van der Waals surface area contributed by atoms with Gasteiger partial charge in [0.1, 0.15) is 11.6 Å². The third kappa shape index (κ3) is 3.74. The van der Waals surface area contributed by atoms with Crippen molar-refractivity contribution in [1.29, 1.82) is 0 Å². The molecule has 0 aliphatic carbocycles. The van der Waals surface area contributed by atoms with Gasteiger partial charge in [0.25, 0.3) is 5.91 Å². The smallest absolute Gasteiger partial charge is 0.263 e. The molecule has 0 aromatic heterocycles. The summed E-state index contributed by atoms with van der Waals surface area (Å²) in [5.41, 5.74) is 5.75. The third-order valence-electron chi connectivity index (χ3n) is 3.91. The topological polar surface area (TPSA) is 55.6 Å². The van der Waals surface area contributed by atoms with Crippen molar-refractivity contribution < 1.29 is 13.9 Å². The van der Waals surface area contributed by atoms with Gasteiger partial charge in [-0.25, -0.2) is 4.39 Å². The molecule has 0 radical (unpaired) electrons. The van der Waals surface area contributed by atoms with Gasteiger partial charge in [-0.3, -0.25) is 4.79 Å². The number of rotatable bonds is 4. The molecule has 1 aliphatic rings. The predicted octanol–water partition coefficient (Wildman–Crippen LogP) is 2.55. The van der Waals surface area contributed by atoms with E-state index in [4.69, 9.17) is 10.5 Å². The van der Waals surface area contributed by atoms with Gasteiger partial charge in [-0.1, -0.05) is 6.92 Å². The summed E-state index contributed by atoms with van der Waals surface area (Å²) in [5, 5.41) is 0. The highest BCUT2D eigenvalue weighted by atomic mass is 79.9. The molecular weight excluding hydrogens is 339 g/mol. The number of carbonyl (C=O) groups is 1. The number of ether oxygens (including phenoxy) is 1. The molecule has 1 amide bonds. The average molecular weight is 359 g/mol. The maximum absolute atomic E-state index is 13.0. The molecule has 2 rings (SSSR count). The zero-order chi connectivity index (χ0) is 15.6. The number of nitrogens with zero attached hydrogens (tertiary/aromatic N) is 1. The molecule has 1 aliphatic heterocycles. The summed E-state index contributed by atoms with van der Waals surface area (Å²) >= 11 is 3.23. The number of hydrogen-bond donors (Lipinski definition) is 1. The summed E-state index contributed by atoms with van der Waals surface area (Å²) in [6, 6.07) is 4.13. The second-order valence-corrected chi connectivity index (χ2v) is 6.71. The van der Waals surface area contributed by atoms with E-state index in [1.807, 2.05) is 0 Å². The Balaban J connectivity index is 2.00. The van der Waals surface area contributed by atoms with E-state index in [0.717, 1.165) is 6.42 Å². The van der Waals surface area contributed by atoms with Crippen LogP contribution in [0.5, 0.6) is 5.75 Å². The van der Waals surface area contributed by atoms with Crippen molar-refractivity contribution in [3.63, 3.8) is 0 Å². The van der Waals surface area contributed by atoms with Crippen molar-refractivity contribution in [2.75, 3.05) is 19.6 Å². The molecular formula is C15H20BrFN2O2. The molecule has 1 fully saturated rings. The van der Waals surface area contributed by atoms with E-state index in [9.17, 15) is 9.18 Å². The Labute approximate surface area is 132 Å². The third-order valence-corrected chi connectivity index (χ3v) is 4.53. The van der Waals surface area contributed by atoms with Crippen LogP contribution in [0.3, 0.4) is 0 Å². The molecule has 0 saturated carbocycles. The maximum atomic E-state index is 13.0. The fourth-order valence-corrected chi connectivity index (χ4v) is 2.89. The van der Waals surface area contributed by atoms with Gasteiger partial charge in [0.2, 0.25) is 0 Å². The van der Waals surface area contributed by atoms with E-state index in [2.05, 4.69) is 22.9 Å². The van der Waals surface area contributed by atoms with E-state index in [1.165, 1.54) is 18.2 Å². The minimum absolute atomic E-state index is 0.00810. The number of halogens is 2. The van der Waals surface area contributed by atoms with E-state index in [1.54, 1.807) is 11.8 Å². The fraction of sp³-hybridized carbons (Fsp3) is 0.533. The molecule has 4 nitrogen and oxygen atoms in total. The van der Waals surface area contributed by atoms with Crippen LogP contribution < -0.4 is 10.5 Å². The first kappa shape index (κ1) is 16.2. The van der Waals surface area contributed by atoms with Crippen LogP contribution in [-0.2, 0) is 4.79 Å². The summed E-state index contributed by atoms with van der Waals surface area (Å²) in [4.78, 5) is 14.2. The van der Waals surface area contributed by atoms with Crippen molar-refractivity contribution in [1.82, 2.24) is 4.90 Å². The largest absolute Gasteiger partial charge is 0.480 e. The van der Waals surface area contributed by atoms with Crippen LogP contribution in [0.15, 0.2) is 22.7 Å². The summed E-state index contributed by atoms with van der Waals surface area (Å²) < 4.78 is 19.2. The zero-order valence-corrected chi connectivity index (χ0v) is 13.8. The van der Waals surface area contributed by atoms with Crippen molar-refractivity contribution in [3.05, 3.63) is 28.5 Å². The van der Waals surface area contributed by atoms with E-state index >= 15 is 0 Å². The van der Waals surface area contributed by atoms with Crippen LogP contribution in [0.1, 0.15) is 20.3 Å². The second-order valence-electron chi connectivity index (χ2n) is 5.86. The lowest BCUT2D eigenvalue weighted by atomic mass is 9.90. The van der Waals surface area contributed by atoms with Crippen LogP contribution in [-0.4, -0.2) is 36.5 Å². The Morgan fingerprint density at radius 1 is 1.62 bits per heavy atom. The molecule has 116 valence electrons. The van der Waals surface area contributed by atoms with E-state index in [-0.39, 0.29) is 17.1 Å². The first-order valence-electron chi connectivity index (χ1n) is 6.95. The molecule has 0 bridgehead atoms. The average Bonchev–Trinajstić information content (AvgIpc) is 2.84. The van der Waals surface area contributed by atoms with Crippen LogP contribution in [0, 0.1) is 11.2 Å². The Kier molecular flexibility index (Phi) is 4.88. The maximum Gasteiger partial charge on any atom is 0.263 e. The number of likely N-dealkylation sites (tertiary alicyclic amines) is 1. The normalized spacial score (nSPS) is 23.2. The lowest BCUT2D eigenvalue weighted by molar-refractivity contribution is -0.137. The number of hydrogen-bond acceptors (Lipinski definition) is 3. The summed E-state index contributed by atoms with van der Waals surface area (Å²) in [6.07, 6.45) is 0.286. The van der Waals surface area contributed by atoms with Crippen LogP contribution in [0.2, 0.25) is 0 Å². The first-order chi connectivity index (χ1) is 9.84. The molecule has 0 spiro atoms. The lowest BCUT2D eigenvalue weighted by Gasteiger charge is -2.25. The Morgan fingerprint density at radius 3 is 2.90 bits per heavy atom. The highest BCUT2D eigenvalue weighted by Crippen LogP contribution is 2.30. The summed E-state index contributed by atoms with van der Waals surface area (Å²) in [7, 11) is 0. The molecule has 2 unspecified atom stereocenters. The molecule has 2 atom stereocenters. The Bertz CT molecular complexity index is 540. The SMILES string of the molecule is CC(Oc1ccc(F)cc1Br)C(=O)N1CCC(C)(CN)C1. The summed E-state index contributed by atoms with van der Waals surface area (Å²) in [6.45, 7) is 5.71. The monoisotopic (exact) mass is 358 g/mol. The molecule has 6 heteroatoms. The van der Waals surface area contributed by atoms with Gasteiger partial charge in [0, 0.05) is 13.1 Å². The Morgan fingerprint density at radius 2 is 2.33 bits per heavy atom. The van der Waals surface area contributed by atoms with Gasteiger partial charge in [-0.05, 0) is 59.4 Å². The number of nitrogens with two attached hydrogens (primary N) is 1. The van der Waals surface area contributed by atoms with Crippen molar-refractivity contribution in [2.24, 2.45) is 11.1 Å². The van der Waals surface area contributed by atoms with Gasteiger partial charge < -0.3 is 15.4 Å². The molecule has 1 aromatic carbocycles. The zero-order valence-electron chi connectivity index (χ0n) is 12.2. The van der Waals surface area contributed by atoms with Gasteiger partial charge in [-0.15, -0.1) is 0 Å². The standard InChI is InChI=1S/C15H20BrFN2O2/c1-10(21-13-4-3-11(17)7-12(13)16)14(20)19-6-5-15(2,8-18)9-19/h3-4,7,10H,5-6,8-9,18H2,1-2H3. The van der Waals surface area contributed by atoms with Crippen molar-refractivity contribution in [3.8, 4) is 5.75 Å². The van der Waals surface area contributed by atoms with Crippen LogP contribution in [0.25, 0.3) is 0 Å². The van der Waals surface area contributed by atoms with Gasteiger partial charge in [0.05, 0.1) is 4.47 Å². The van der Waals surface area contributed by atoms with E-state index in [0.29, 0.717) is 29.9 Å². The van der Waals surface area contributed by atoms with E-state index < -0.39 is 6.10 Å². The second kappa shape index (κ2) is 6.32. The first-order valence-corrected chi connectivity index (χ1v) is 7.74. The molecule has 21 heavy (non-hydrogen) atoms. The molecule has 1 saturated heterocycles. The minimum atomic E-state index is -0.619. The highest BCUT2D eigenvalue weighted by molar-refractivity contribution is 9.10. The lowest BCUT2D eigenvalue weighted by Crippen LogP contribution is -2.41.